The Kier molecular flexibility index (Phi) is 6.45. The molecule has 3 aromatic rings. The van der Waals surface area contributed by atoms with Crippen molar-refractivity contribution in [2.24, 2.45) is 0 Å². The molecule has 0 saturated heterocycles. The molecule has 0 aliphatic carbocycles. The molecule has 3 aromatic carbocycles. The zero-order chi connectivity index (χ0) is 16.5. The number of hydrogen-bond acceptors (Lipinski definition) is 2. The molecule has 4 nitrogen and oxygen atoms in total. The normalized spacial score (nSPS) is 10.1. The Hall–Kier alpha value is -2.52. The first-order chi connectivity index (χ1) is 11.3. The first-order valence-corrected chi connectivity index (χ1v) is 7.38. The second-order valence-corrected chi connectivity index (χ2v) is 4.98. The molecule has 0 fully saturated rings. The molecule has 0 amide bonds. The number of rotatable bonds is 5. The van der Waals surface area contributed by atoms with Crippen LogP contribution in [0.1, 0.15) is 5.56 Å². The van der Waals surface area contributed by atoms with Gasteiger partial charge >= 0.3 is 0 Å². The van der Waals surface area contributed by atoms with Crippen molar-refractivity contribution in [3.8, 4) is 0 Å². The molecule has 0 bridgehead atoms. The molecule has 23 heavy (non-hydrogen) atoms. The van der Waals surface area contributed by atoms with E-state index in [2.05, 4.69) is 66.1 Å². The molecule has 3 rings (SSSR count). The van der Waals surface area contributed by atoms with Crippen molar-refractivity contribution in [1.29, 1.82) is 0 Å². The average Bonchev–Trinajstić information content (AvgIpc) is 2.58. The van der Waals surface area contributed by atoms with Crippen molar-refractivity contribution in [2.75, 3.05) is 20.3 Å². The van der Waals surface area contributed by atoms with Gasteiger partial charge in [-0.15, -0.1) is 0 Å². The first kappa shape index (κ1) is 16.8. The van der Waals surface area contributed by atoms with E-state index < -0.39 is 0 Å². The fraction of sp³-hybridized carbons (Fsp3) is 0.211. The fourth-order valence-electron chi connectivity index (χ4n) is 2.58. The Morgan fingerprint density at radius 2 is 1.48 bits per heavy atom. The number of benzene rings is 3. The van der Waals surface area contributed by atoms with Crippen LogP contribution in [0.15, 0.2) is 54.6 Å². The van der Waals surface area contributed by atoms with Crippen LogP contribution in [0.4, 0.5) is 0 Å². The highest BCUT2D eigenvalue weighted by molar-refractivity contribution is 6.02. The minimum absolute atomic E-state index is 0.616. The average molecular weight is 308 g/mol. The van der Waals surface area contributed by atoms with Crippen molar-refractivity contribution in [3.63, 3.8) is 0 Å². The Bertz CT molecular complexity index is 755. The van der Waals surface area contributed by atoms with E-state index in [0.29, 0.717) is 19.8 Å². The number of nitrogens with zero attached hydrogens (tertiary/aromatic N) is 2. The summed E-state index contributed by atoms with van der Waals surface area (Å²) >= 11 is 0. The molecule has 0 spiro atoms. The van der Waals surface area contributed by atoms with Crippen molar-refractivity contribution in [1.82, 2.24) is 0 Å². The summed E-state index contributed by atoms with van der Waals surface area (Å²) in [5.74, 6) is 0. The third-order valence-corrected chi connectivity index (χ3v) is 3.56. The summed E-state index contributed by atoms with van der Waals surface area (Å²) in [6, 6.07) is 19.2. The number of fused-ring (bicyclic) bond motifs is 2. The van der Waals surface area contributed by atoms with E-state index in [4.69, 9.17) is 15.0 Å². The number of ether oxygens (including phenoxy) is 2. The maximum absolute atomic E-state index is 7.08. The molecule has 4 heteroatoms. The Morgan fingerprint density at radius 3 is 2.00 bits per heavy atom. The lowest BCUT2D eigenvalue weighted by Gasteiger charge is -2.12. The lowest BCUT2D eigenvalue weighted by atomic mass is 9.97. The van der Waals surface area contributed by atoms with E-state index in [9.17, 15) is 0 Å². The molecule has 0 aliphatic heterocycles. The van der Waals surface area contributed by atoms with Crippen molar-refractivity contribution < 1.29 is 14.3 Å². The van der Waals surface area contributed by atoms with E-state index in [1.807, 2.05) is 0 Å². The van der Waals surface area contributed by atoms with Gasteiger partial charge in [0.25, 0.3) is 0 Å². The van der Waals surface area contributed by atoms with Crippen LogP contribution in [0.5, 0.6) is 0 Å². The fourth-order valence-corrected chi connectivity index (χ4v) is 2.58. The zero-order valence-corrected chi connectivity index (χ0v) is 13.2. The molecule has 118 valence electrons. The van der Waals surface area contributed by atoms with Gasteiger partial charge in [0.05, 0.1) is 19.8 Å². The van der Waals surface area contributed by atoms with Crippen LogP contribution in [0.25, 0.3) is 27.1 Å². The van der Waals surface area contributed by atoms with E-state index in [-0.39, 0.29) is 0 Å². The molecule has 0 saturated carbocycles. The predicted molar refractivity (Wildman–Crippen MR) is 93.7 cm³/mol. The minimum atomic E-state index is 0.616. The van der Waals surface area contributed by atoms with Crippen LogP contribution < -0.4 is 0 Å². The maximum atomic E-state index is 7.08. The van der Waals surface area contributed by atoms with E-state index >= 15 is 0 Å². The quantitative estimate of drug-likeness (QED) is 0.234. The minimum Gasteiger partial charge on any atom is -0.382 e. The molecular weight excluding hydrogens is 288 g/mol. The predicted octanol–water partition coefficient (Wildman–Crippen LogP) is 4.07. The van der Waals surface area contributed by atoms with E-state index in [0.717, 1.165) is 0 Å². The molecule has 0 radical (unpaired) electrons. The van der Waals surface area contributed by atoms with Gasteiger partial charge in [0.2, 0.25) is 6.72 Å². The largest absolute Gasteiger partial charge is 0.382 e. The summed E-state index contributed by atoms with van der Waals surface area (Å²) in [6.07, 6.45) is 0. The summed E-state index contributed by atoms with van der Waals surface area (Å²) in [6.45, 7) is 4.53. The van der Waals surface area contributed by atoms with Gasteiger partial charge in [-0.3, -0.25) is 0 Å². The third kappa shape index (κ3) is 4.24. The summed E-state index contributed by atoms with van der Waals surface area (Å²) in [7, 11) is 1.69. The standard InChI is InChI=1S/C18H18O2.CH2N2/c1-19-10-11-20-13-18-16-8-4-2-6-14(16)12-15-7-3-5-9-17(15)18;1-3-2/h2-9,12H,10-11,13H2,1H3;1H2. The van der Waals surface area contributed by atoms with E-state index in [1.165, 1.54) is 27.1 Å². The maximum Gasteiger partial charge on any atom is 0.245 e. The number of hydrogen-bond donors (Lipinski definition) is 0. The zero-order valence-electron chi connectivity index (χ0n) is 13.2. The SMILES string of the molecule is C=[N+]=[N-].COCCOCc1c2ccccc2cc2ccccc12. The van der Waals surface area contributed by atoms with Gasteiger partial charge in [-0.1, -0.05) is 48.5 Å². The van der Waals surface area contributed by atoms with Crippen LogP contribution in [0.2, 0.25) is 0 Å². The summed E-state index contributed by atoms with van der Waals surface area (Å²) in [5.41, 5.74) is 8.34. The third-order valence-electron chi connectivity index (χ3n) is 3.56. The van der Waals surface area contributed by atoms with Gasteiger partial charge in [0.15, 0.2) is 0 Å². The molecule has 0 N–H and O–H groups in total. The number of methoxy groups -OCH3 is 1. The Morgan fingerprint density at radius 1 is 0.957 bits per heavy atom. The second kappa shape index (κ2) is 8.81. The molecule has 0 aliphatic rings. The highest BCUT2D eigenvalue weighted by Gasteiger charge is 2.07. The summed E-state index contributed by atoms with van der Waals surface area (Å²) in [4.78, 5) is 2.25. The first-order valence-electron chi connectivity index (χ1n) is 7.38. The molecule has 0 heterocycles. The summed E-state index contributed by atoms with van der Waals surface area (Å²) in [5, 5.41) is 5.06. The van der Waals surface area contributed by atoms with Crippen molar-refractivity contribution in [3.05, 3.63) is 65.7 Å². The van der Waals surface area contributed by atoms with E-state index in [1.54, 1.807) is 7.11 Å². The lowest BCUT2D eigenvalue weighted by Crippen LogP contribution is -2.02. The van der Waals surface area contributed by atoms with Gasteiger partial charge in [-0.2, -0.15) is 4.79 Å². The van der Waals surface area contributed by atoms with Crippen molar-refractivity contribution >= 4 is 28.3 Å². The Balaban J connectivity index is 0.000000595. The molecule has 0 aromatic heterocycles. The summed E-state index contributed by atoms with van der Waals surface area (Å²) < 4.78 is 10.8. The van der Waals surface area contributed by atoms with Gasteiger partial charge in [-0.05, 0) is 33.2 Å². The van der Waals surface area contributed by atoms with Crippen LogP contribution in [-0.2, 0) is 16.1 Å². The van der Waals surface area contributed by atoms with Crippen molar-refractivity contribution in [2.45, 2.75) is 6.61 Å². The van der Waals surface area contributed by atoms with Gasteiger partial charge in [0.1, 0.15) is 0 Å². The van der Waals surface area contributed by atoms with Crippen LogP contribution in [-0.4, -0.2) is 31.8 Å². The second-order valence-electron chi connectivity index (χ2n) is 4.98. The molecule has 0 atom stereocenters. The lowest BCUT2D eigenvalue weighted by molar-refractivity contribution is 0.0110. The van der Waals surface area contributed by atoms with Gasteiger partial charge < -0.3 is 15.0 Å². The van der Waals surface area contributed by atoms with Gasteiger partial charge in [0, 0.05) is 7.11 Å². The smallest absolute Gasteiger partial charge is 0.245 e. The molecule has 0 unspecified atom stereocenters. The topological polar surface area (TPSA) is 54.9 Å². The van der Waals surface area contributed by atoms with Crippen LogP contribution in [0, 0.1) is 0 Å². The van der Waals surface area contributed by atoms with Gasteiger partial charge in [-0.25, -0.2) is 0 Å². The highest BCUT2D eigenvalue weighted by Crippen LogP contribution is 2.28. The molecular formula is C19H20N2O2. The van der Waals surface area contributed by atoms with Crippen LogP contribution >= 0.6 is 0 Å². The highest BCUT2D eigenvalue weighted by atomic mass is 16.5. The van der Waals surface area contributed by atoms with Crippen LogP contribution in [0.3, 0.4) is 0 Å². The Labute approximate surface area is 135 Å². The monoisotopic (exact) mass is 308 g/mol.